The van der Waals surface area contributed by atoms with Crippen LogP contribution in [0, 0.1) is 6.92 Å². The summed E-state index contributed by atoms with van der Waals surface area (Å²) in [6, 6.07) is 17.1. The van der Waals surface area contributed by atoms with Gasteiger partial charge in [-0.1, -0.05) is 79.4 Å². The Balaban J connectivity index is 2.12. The number of rotatable bonds is 15. The molecule has 2 amide bonds. The molecular weight excluding hydrogens is 609 g/mol. The van der Waals surface area contributed by atoms with Crippen LogP contribution in [0.1, 0.15) is 51.2 Å². The van der Waals surface area contributed by atoms with Gasteiger partial charge in [-0.15, -0.1) is 0 Å². The van der Waals surface area contributed by atoms with Crippen LogP contribution in [0.5, 0.6) is 5.75 Å². The number of hydrogen-bond donors (Lipinski definition) is 1. The summed E-state index contributed by atoms with van der Waals surface area (Å²) in [6.45, 7) is 7.51. The molecule has 1 N–H and O–H groups in total. The summed E-state index contributed by atoms with van der Waals surface area (Å²) in [6.07, 6.45) is 1.95. The molecule has 0 radical (unpaired) electrons. The van der Waals surface area contributed by atoms with E-state index in [9.17, 15) is 18.0 Å². The largest absolute Gasteiger partial charge is 0.492 e. The maximum Gasteiger partial charge on any atom is 0.264 e. The minimum absolute atomic E-state index is 0.0160. The van der Waals surface area contributed by atoms with Crippen LogP contribution >= 0.6 is 23.2 Å². The molecule has 1 atom stereocenters. The van der Waals surface area contributed by atoms with Crippen LogP contribution in [0.15, 0.2) is 71.6 Å². The van der Waals surface area contributed by atoms with Crippen LogP contribution in [-0.2, 0) is 26.2 Å². The number of hydrogen-bond acceptors (Lipinski definition) is 5. The Morgan fingerprint density at radius 2 is 1.58 bits per heavy atom. The predicted molar refractivity (Wildman–Crippen MR) is 172 cm³/mol. The van der Waals surface area contributed by atoms with Gasteiger partial charge in [0.2, 0.25) is 11.8 Å². The first-order chi connectivity index (χ1) is 20.5. The van der Waals surface area contributed by atoms with E-state index in [2.05, 4.69) is 5.32 Å². The summed E-state index contributed by atoms with van der Waals surface area (Å²) in [5.41, 5.74) is 1.55. The third kappa shape index (κ3) is 8.65. The van der Waals surface area contributed by atoms with Gasteiger partial charge in [0.05, 0.1) is 17.2 Å². The maximum absolute atomic E-state index is 14.3. The van der Waals surface area contributed by atoms with E-state index in [0.29, 0.717) is 27.9 Å². The number of carbonyl (C=O) groups excluding carboxylic acids is 2. The molecule has 0 heterocycles. The quantitative estimate of drug-likeness (QED) is 0.187. The topological polar surface area (TPSA) is 96.0 Å². The molecule has 0 bridgehead atoms. The Morgan fingerprint density at radius 3 is 2.19 bits per heavy atom. The second-order valence-electron chi connectivity index (χ2n) is 10.0. The zero-order valence-electron chi connectivity index (χ0n) is 25.0. The van der Waals surface area contributed by atoms with Gasteiger partial charge in [0, 0.05) is 28.7 Å². The molecule has 0 saturated heterocycles. The standard InChI is InChI=1S/C32H39Cl2N3O5S/c1-5-8-20-35-32(39)28(6-2)36(21-25-26(33)12-11-13-27(25)34)31(38)22-37(29-14-9-10-15-30(29)42-7-3)43(40,41)24-18-16-23(4)17-19-24/h9-19,28H,5-8,20-22H2,1-4H3,(H,35,39)/t28-/m1/s1. The van der Waals surface area contributed by atoms with Gasteiger partial charge in [-0.05, 0) is 63.1 Å². The number of nitrogens with one attached hydrogen (secondary N) is 1. The fourth-order valence-electron chi connectivity index (χ4n) is 4.57. The first-order valence-corrected chi connectivity index (χ1v) is 16.6. The van der Waals surface area contributed by atoms with Crippen LogP contribution < -0.4 is 14.4 Å². The van der Waals surface area contributed by atoms with Crippen molar-refractivity contribution in [3.8, 4) is 5.75 Å². The minimum atomic E-state index is -4.25. The predicted octanol–water partition coefficient (Wildman–Crippen LogP) is 6.62. The number of carbonyl (C=O) groups is 2. The lowest BCUT2D eigenvalue weighted by Gasteiger charge is -2.34. The van der Waals surface area contributed by atoms with Crippen LogP contribution in [0.2, 0.25) is 10.0 Å². The van der Waals surface area contributed by atoms with Crippen molar-refractivity contribution in [3.05, 3.63) is 87.9 Å². The first-order valence-electron chi connectivity index (χ1n) is 14.4. The molecule has 0 fully saturated rings. The summed E-state index contributed by atoms with van der Waals surface area (Å²) in [7, 11) is -4.25. The van der Waals surface area contributed by atoms with E-state index in [1.807, 2.05) is 13.8 Å². The van der Waals surface area contributed by atoms with Gasteiger partial charge >= 0.3 is 0 Å². The Morgan fingerprint density at radius 1 is 0.930 bits per heavy atom. The van der Waals surface area contributed by atoms with E-state index in [1.54, 1.807) is 68.4 Å². The monoisotopic (exact) mass is 647 g/mol. The number of benzene rings is 3. The average molecular weight is 649 g/mol. The van der Waals surface area contributed by atoms with Gasteiger partial charge in [-0.3, -0.25) is 13.9 Å². The number of nitrogens with zero attached hydrogens (tertiary/aromatic N) is 2. The summed E-state index contributed by atoms with van der Waals surface area (Å²) in [4.78, 5) is 29.1. The molecule has 0 aliphatic carbocycles. The summed E-state index contributed by atoms with van der Waals surface area (Å²) in [5, 5.41) is 3.57. The molecule has 3 rings (SSSR count). The maximum atomic E-state index is 14.3. The molecule has 0 unspecified atom stereocenters. The third-order valence-corrected chi connectivity index (χ3v) is 9.41. The zero-order chi connectivity index (χ0) is 31.6. The molecule has 3 aromatic carbocycles. The summed E-state index contributed by atoms with van der Waals surface area (Å²) in [5.74, 6) is -0.635. The summed E-state index contributed by atoms with van der Waals surface area (Å²) < 4.78 is 35.1. The Hall–Kier alpha value is -3.27. The molecule has 8 nitrogen and oxygen atoms in total. The lowest BCUT2D eigenvalue weighted by molar-refractivity contribution is -0.140. The SMILES string of the molecule is CCCCNC(=O)[C@@H](CC)N(Cc1c(Cl)cccc1Cl)C(=O)CN(c1ccccc1OCC)S(=O)(=O)c1ccc(C)cc1. The van der Waals surface area contributed by atoms with Crippen molar-refractivity contribution in [2.45, 2.75) is 64.4 Å². The Labute approximate surface area is 265 Å². The minimum Gasteiger partial charge on any atom is -0.492 e. The lowest BCUT2D eigenvalue weighted by Crippen LogP contribution is -2.52. The molecule has 3 aromatic rings. The number of unbranched alkanes of at least 4 members (excludes halogenated alkanes) is 1. The van der Waals surface area contributed by atoms with Gasteiger partial charge in [0.15, 0.2) is 0 Å². The van der Waals surface area contributed by atoms with E-state index in [0.717, 1.165) is 22.7 Å². The van der Waals surface area contributed by atoms with Crippen molar-refractivity contribution < 1.29 is 22.7 Å². The zero-order valence-corrected chi connectivity index (χ0v) is 27.3. The van der Waals surface area contributed by atoms with Crippen LogP contribution in [0.25, 0.3) is 0 Å². The molecule has 43 heavy (non-hydrogen) atoms. The number of halogens is 2. The van der Waals surface area contributed by atoms with Gasteiger partial charge in [-0.2, -0.15) is 0 Å². The highest BCUT2D eigenvalue weighted by Gasteiger charge is 2.35. The van der Waals surface area contributed by atoms with Crippen LogP contribution in [0.4, 0.5) is 5.69 Å². The average Bonchev–Trinajstić information content (AvgIpc) is 2.98. The van der Waals surface area contributed by atoms with Crippen molar-refractivity contribution in [1.29, 1.82) is 0 Å². The van der Waals surface area contributed by atoms with Crippen molar-refractivity contribution in [3.63, 3.8) is 0 Å². The number of para-hydroxylation sites is 2. The van der Waals surface area contributed by atoms with E-state index < -0.39 is 28.5 Å². The smallest absolute Gasteiger partial charge is 0.264 e. The lowest BCUT2D eigenvalue weighted by atomic mass is 10.1. The van der Waals surface area contributed by atoms with Crippen molar-refractivity contribution >= 4 is 50.7 Å². The van der Waals surface area contributed by atoms with Crippen molar-refractivity contribution in [2.75, 3.05) is 24.0 Å². The summed E-state index contributed by atoms with van der Waals surface area (Å²) >= 11 is 13.0. The first kappa shape index (κ1) is 34.2. The number of anilines is 1. The Bertz CT molecular complexity index is 1480. The fourth-order valence-corrected chi connectivity index (χ4v) is 6.51. The van der Waals surface area contributed by atoms with E-state index in [-0.39, 0.29) is 36.1 Å². The van der Waals surface area contributed by atoms with Crippen molar-refractivity contribution in [1.82, 2.24) is 10.2 Å². The van der Waals surface area contributed by atoms with E-state index in [4.69, 9.17) is 27.9 Å². The normalized spacial score (nSPS) is 12.0. The highest BCUT2D eigenvalue weighted by molar-refractivity contribution is 7.92. The number of aryl methyl sites for hydroxylation is 1. The van der Waals surface area contributed by atoms with Crippen LogP contribution in [0.3, 0.4) is 0 Å². The molecule has 0 saturated carbocycles. The van der Waals surface area contributed by atoms with Gasteiger partial charge in [0.1, 0.15) is 18.3 Å². The number of sulfonamides is 1. The van der Waals surface area contributed by atoms with E-state index in [1.165, 1.54) is 17.0 Å². The number of amides is 2. The molecule has 0 aliphatic heterocycles. The van der Waals surface area contributed by atoms with Crippen LogP contribution in [-0.4, -0.2) is 50.9 Å². The highest BCUT2D eigenvalue weighted by atomic mass is 35.5. The molecule has 232 valence electrons. The van der Waals surface area contributed by atoms with Crippen molar-refractivity contribution in [2.24, 2.45) is 0 Å². The molecular formula is C32H39Cl2N3O5S. The fraction of sp³-hybridized carbons (Fsp3) is 0.375. The van der Waals surface area contributed by atoms with E-state index >= 15 is 0 Å². The molecule has 0 spiro atoms. The third-order valence-electron chi connectivity index (χ3n) is 6.93. The number of ether oxygens (including phenoxy) is 1. The van der Waals surface area contributed by atoms with Gasteiger partial charge < -0.3 is 15.0 Å². The Kier molecular flexibility index (Phi) is 12.7. The second kappa shape index (κ2) is 16.0. The second-order valence-corrected chi connectivity index (χ2v) is 12.7. The highest BCUT2D eigenvalue weighted by Crippen LogP contribution is 2.33. The van der Waals surface area contributed by atoms with Gasteiger partial charge in [0.25, 0.3) is 10.0 Å². The molecule has 0 aromatic heterocycles. The molecule has 0 aliphatic rings. The van der Waals surface area contributed by atoms with Gasteiger partial charge in [-0.25, -0.2) is 8.42 Å². The molecule has 11 heteroatoms.